The molecule has 0 aliphatic heterocycles. The second-order valence-electron chi connectivity index (χ2n) is 3.58. The zero-order chi connectivity index (χ0) is 11.6. The van der Waals surface area contributed by atoms with Gasteiger partial charge < -0.3 is 4.74 Å². The van der Waals surface area contributed by atoms with Gasteiger partial charge in [-0.05, 0) is 18.6 Å². The van der Waals surface area contributed by atoms with Crippen LogP contribution < -0.4 is 0 Å². The van der Waals surface area contributed by atoms with Gasteiger partial charge in [0.25, 0.3) is 0 Å². The quantitative estimate of drug-likeness (QED) is 0.414. The first-order valence-corrected chi connectivity index (χ1v) is 5.71. The first kappa shape index (κ1) is 12.5. The van der Waals surface area contributed by atoms with Gasteiger partial charge in [-0.2, -0.15) is 0 Å². The van der Waals surface area contributed by atoms with E-state index in [9.17, 15) is 4.79 Å². The van der Waals surface area contributed by atoms with Crippen molar-refractivity contribution in [2.75, 3.05) is 6.61 Å². The Morgan fingerprint density at radius 1 is 1.25 bits per heavy atom. The molecule has 0 radical (unpaired) electrons. The van der Waals surface area contributed by atoms with Gasteiger partial charge in [-0.1, -0.05) is 50.1 Å². The molecule has 2 nitrogen and oxygen atoms in total. The van der Waals surface area contributed by atoms with Crippen molar-refractivity contribution in [2.24, 2.45) is 0 Å². The molecule has 0 aliphatic carbocycles. The van der Waals surface area contributed by atoms with Gasteiger partial charge in [0.1, 0.15) is 6.61 Å². The number of unbranched alkanes of at least 4 members (excludes halogenated alkanes) is 2. The summed E-state index contributed by atoms with van der Waals surface area (Å²) in [5.74, 6) is -0.263. The molecule has 1 aromatic carbocycles. The number of carbonyl (C=O) groups excluding carboxylic acids is 1. The molecule has 0 saturated heterocycles. The summed E-state index contributed by atoms with van der Waals surface area (Å²) >= 11 is 0. The zero-order valence-electron chi connectivity index (χ0n) is 9.69. The summed E-state index contributed by atoms with van der Waals surface area (Å²) in [5.41, 5.74) is 0.601. The maximum atomic E-state index is 11.5. The van der Waals surface area contributed by atoms with E-state index < -0.39 is 0 Å². The summed E-state index contributed by atoms with van der Waals surface area (Å²) in [6.07, 6.45) is 7.38. The van der Waals surface area contributed by atoms with E-state index in [-0.39, 0.29) is 5.97 Å². The van der Waals surface area contributed by atoms with Crippen molar-refractivity contribution < 1.29 is 9.53 Å². The van der Waals surface area contributed by atoms with E-state index in [0.29, 0.717) is 12.2 Å². The lowest BCUT2D eigenvalue weighted by Gasteiger charge is -2.00. The van der Waals surface area contributed by atoms with Crippen molar-refractivity contribution in [3.8, 4) is 0 Å². The summed E-state index contributed by atoms with van der Waals surface area (Å²) in [6, 6.07) is 9.04. The van der Waals surface area contributed by atoms with Crippen LogP contribution in [0.25, 0.3) is 0 Å². The van der Waals surface area contributed by atoms with Crippen molar-refractivity contribution in [3.05, 3.63) is 48.0 Å². The highest BCUT2D eigenvalue weighted by molar-refractivity contribution is 5.89. The smallest absolute Gasteiger partial charge is 0.338 e. The number of benzene rings is 1. The molecule has 86 valence electrons. The van der Waals surface area contributed by atoms with Crippen molar-refractivity contribution in [1.29, 1.82) is 0 Å². The van der Waals surface area contributed by atoms with Crippen LogP contribution in [0.1, 0.15) is 36.5 Å². The van der Waals surface area contributed by atoms with Crippen LogP contribution in [0, 0.1) is 0 Å². The van der Waals surface area contributed by atoms with Crippen LogP contribution in [0.5, 0.6) is 0 Å². The van der Waals surface area contributed by atoms with Crippen LogP contribution in [-0.2, 0) is 4.74 Å². The van der Waals surface area contributed by atoms with Crippen LogP contribution in [0.4, 0.5) is 0 Å². The molecule has 0 amide bonds. The molecule has 1 rings (SSSR count). The highest BCUT2D eigenvalue weighted by Crippen LogP contribution is 2.01. The van der Waals surface area contributed by atoms with Gasteiger partial charge in [-0.3, -0.25) is 0 Å². The van der Waals surface area contributed by atoms with E-state index in [2.05, 4.69) is 13.0 Å². The van der Waals surface area contributed by atoms with Crippen LogP contribution in [0.3, 0.4) is 0 Å². The molecule has 2 heteroatoms. The Bertz CT molecular complexity index is 328. The Hall–Kier alpha value is -1.57. The summed E-state index contributed by atoms with van der Waals surface area (Å²) in [5, 5.41) is 0. The Morgan fingerprint density at radius 3 is 2.69 bits per heavy atom. The number of allylic oxidation sites excluding steroid dienone is 1. The third-order valence-electron chi connectivity index (χ3n) is 2.21. The molecule has 0 N–H and O–H groups in total. The minimum atomic E-state index is -0.263. The monoisotopic (exact) mass is 218 g/mol. The second kappa shape index (κ2) is 7.69. The summed E-state index contributed by atoms with van der Waals surface area (Å²) in [4.78, 5) is 11.5. The summed E-state index contributed by atoms with van der Waals surface area (Å²) in [6.45, 7) is 2.51. The zero-order valence-corrected chi connectivity index (χ0v) is 9.69. The van der Waals surface area contributed by atoms with E-state index in [1.807, 2.05) is 24.3 Å². The van der Waals surface area contributed by atoms with E-state index in [4.69, 9.17) is 4.74 Å². The van der Waals surface area contributed by atoms with Crippen molar-refractivity contribution in [3.63, 3.8) is 0 Å². The lowest BCUT2D eigenvalue weighted by Crippen LogP contribution is -2.04. The maximum absolute atomic E-state index is 11.5. The Labute approximate surface area is 96.9 Å². The lowest BCUT2D eigenvalue weighted by molar-refractivity contribution is 0.0549. The fourth-order valence-corrected chi connectivity index (χ4v) is 1.29. The van der Waals surface area contributed by atoms with Gasteiger partial charge >= 0.3 is 5.97 Å². The van der Waals surface area contributed by atoms with Crippen LogP contribution in [0.15, 0.2) is 42.5 Å². The van der Waals surface area contributed by atoms with Gasteiger partial charge in [0.15, 0.2) is 0 Å². The van der Waals surface area contributed by atoms with Gasteiger partial charge in [0, 0.05) is 0 Å². The average molecular weight is 218 g/mol. The fraction of sp³-hybridized carbons (Fsp3) is 0.357. The Balaban J connectivity index is 2.23. The van der Waals surface area contributed by atoms with Crippen LogP contribution in [-0.4, -0.2) is 12.6 Å². The number of ether oxygens (including phenoxy) is 1. The number of esters is 1. The lowest BCUT2D eigenvalue weighted by atomic mass is 10.2. The molecule has 0 aliphatic rings. The Kier molecular flexibility index (Phi) is 6.00. The maximum Gasteiger partial charge on any atom is 0.338 e. The molecular formula is C14H18O2. The predicted octanol–water partition coefficient (Wildman–Crippen LogP) is 3.59. The first-order chi connectivity index (χ1) is 7.84. The van der Waals surface area contributed by atoms with Gasteiger partial charge in [-0.15, -0.1) is 0 Å². The molecule has 0 fully saturated rings. The molecular weight excluding hydrogens is 200 g/mol. The number of hydrogen-bond donors (Lipinski definition) is 0. The molecule has 0 heterocycles. The highest BCUT2D eigenvalue weighted by atomic mass is 16.5. The topological polar surface area (TPSA) is 26.3 Å². The van der Waals surface area contributed by atoms with Gasteiger partial charge in [0.05, 0.1) is 5.56 Å². The number of hydrogen-bond acceptors (Lipinski definition) is 2. The third kappa shape index (κ3) is 4.78. The fourth-order valence-electron chi connectivity index (χ4n) is 1.29. The van der Waals surface area contributed by atoms with E-state index >= 15 is 0 Å². The summed E-state index contributed by atoms with van der Waals surface area (Å²) in [7, 11) is 0. The molecule has 0 atom stereocenters. The molecule has 0 bridgehead atoms. The SMILES string of the molecule is CCCC/C=C/COC(=O)c1ccccc1. The van der Waals surface area contributed by atoms with E-state index in [0.717, 1.165) is 6.42 Å². The van der Waals surface area contributed by atoms with Gasteiger partial charge in [0.2, 0.25) is 0 Å². The van der Waals surface area contributed by atoms with Crippen molar-refractivity contribution in [1.82, 2.24) is 0 Å². The molecule has 0 unspecified atom stereocenters. The average Bonchev–Trinajstić information content (AvgIpc) is 2.34. The molecule has 0 saturated carbocycles. The van der Waals surface area contributed by atoms with Crippen LogP contribution in [0.2, 0.25) is 0 Å². The second-order valence-corrected chi connectivity index (χ2v) is 3.58. The van der Waals surface area contributed by atoms with Gasteiger partial charge in [-0.25, -0.2) is 4.79 Å². The standard InChI is InChI=1S/C14H18O2/c1-2-3-4-5-9-12-16-14(15)13-10-7-6-8-11-13/h5-11H,2-4,12H2,1H3/b9-5+. The normalized spacial score (nSPS) is 10.6. The van der Waals surface area contributed by atoms with Crippen molar-refractivity contribution in [2.45, 2.75) is 26.2 Å². The van der Waals surface area contributed by atoms with Crippen molar-refractivity contribution >= 4 is 5.97 Å². The molecule has 1 aromatic rings. The minimum Gasteiger partial charge on any atom is -0.458 e. The van der Waals surface area contributed by atoms with Crippen LogP contribution >= 0.6 is 0 Å². The predicted molar refractivity (Wildman–Crippen MR) is 65.4 cm³/mol. The first-order valence-electron chi connectivity index (χ1n) is 5.71. The Morgan fingerprint density at radius 2 is 2.00 bits per heavy atom. The van der Waals surface area contributed by atoms with E-state index in [1.54, 1.807) is 12.1 Å². The van der Waals surface area contributed by atoms with E-state index in [1.165, 1.54) is 12.8 Å². The molecule has 0 spiro atoms. The number of carbonyl (C=O) groups is 1. The minimum absolute atomic E-state index is 0.263. The summed E-state index contributed by atoms with van der Waals surface area (Å²) < 4.78 is 5.08. The number of rotatable bonds is 6. The third-order valence-corrected chi connectivity index (χ3v) is 2.21. The molecule has 0 aromatic heterocycles. The largest absolute Gasteiger partial charge is 0.458 e. The highest BCUT2D eigenvalue weighted by Gasteiger charge is 2.03. The molecule has 16 heavy (non-hydrogen) atoms.